The van der Waals surface area contributed by atoms with Crippen LogP contribution in [-0.4, -0.2) is 28.9 Å². The third-order valence-electron chi connectivity index (χ3n) is 4.78. The Morgan fingerprint density at radius 2 is 1.88 bits per heavy atom. The standard InChI is InChI=1S/C19H24FN3O2/c20-11-9-14-1-3-15(4-2-14)23(16-5-7-17(24)8-6-16)18-13-22-12-10-19(18)25-21/h1-4,10,12-13,16-17,24H,5-9,11,21H2. The molecule has 3 N–H and O–H groups in total. The van der Waals surface area contributed by atoms with Gasteiger partial charge in [-0.2, -0.15) is 5.90 Å². The van der Waals surface area contributed by atoms with Crippen molar-refractivity contribution in [1.29, 1.82) is 0 Å². The molecule has 1 aliphatic carbocycles. The zero-order valence-corrected chi connectivity index (χ0v) is 14.1. The molecular weight excluding hydrogens is 321 g/mol. The summed E-state index contributed by atoms with van der Waals surface area (Å²) in [5.41, 5.74) is 2.74. The quantitative estimate of drug-likeness (QED) is 0.786. The summed E-state index contributed by atoms with van der Waals surface area (Å²) in [6.07, 6.45) is 6.82. The molecule has 25 heavy (non-hydrogen) atoms. The number of hydrogen-bond acceptors (Lipinski definition) is 5. The van der Waals surface area contributed by atoms with Gasteiger partial charge in [0.2, 0.25) is 0 Å². The van der Waals surface area contributed by atoms with Crippen molar-refractivity contribution in [2.75, 3.05) is 11.6 Å². The first kappa shape index (κ1) is 17.6. The average Bonchev–Trinajstić information content (AvgIpc) is 2.65. The predicted octanol–water partition coefficient (Wildman–Crippen LogP) is 3.29. The molecule has 0 radical (unpaired) electrons. The van der Waals surface area contributed by atoms with Crippen LogP contribution in [0.4, 0.5) is 15.8 Å². The van der Waals surface area contributed by atoms with Gasteiger partial charge in [0.1, 0.15) is 5.69 Å². The lowest BCUT2D eigenvalue weighted by Crippen LogP contribution is -2.36. The number of aliphatic hydroxyl groups excluding tert-OH is 1. The van der Waals surface area contributed by atoms with Crippen molar-refractivity contribution in [2.45, 2.75) is 44.2 Å². The van der Waals surface area contributed by atoms with E-state index in [1.54, 1.807) is 18.5 Å². The number of hydrogen-bond donors (Lipinski definition) is 2. The van der Waals surface area contributed by atoms with Gasteiger partial charge in [-0.1, -0.05) is 12.1 Å². The van der Waals surface area contributed by atoms with E-state index in [1.165, 1.54) is 0 Å². The van der Waals surface area contributed by atoms with E-state index in [0.29, 0.717) is 12.2 Å². The molecule has 1 aliphatic rings. The molecule has 1 aromatic carbocycles. The Morgan fingerprint density at radius 1 is 1.16 bits per heavy atom. The molecule has 0 unspecified atom stereocenters. The summed E-state index contributed by atoms with van der Waals surface area (Å²) >= 11 is 0. The van der Waals surface area contributed by atoms with Crippen LogP contribution in [0.2, 0.25) is 0 Å². The number of aryl methyl sites for hydroxylation is 1. The van der Waals surface area contributed by atoms with Gasteiger partial charge in [0, 0.05) is 30.4 Å². The molecule has 134 valence electrons. The molecule has 0 saturated heterocycles. The zero-order chi connectivity index (χ0) is 17.6. The van der Waals surface area contributed by atoms with Crippen molar-refractivity contribution in [3.8, 4) is 5.75 Å². The summed E-state index contributed by atoms with van der Waals surface area (Å²) in [6.45, 7) is -0.364. The topological polar surface area (TPSA) is 71.6 Å². The summed E-state index contributed by atoms with van der Waals surface area (Å²) in [5, 5.41) is 9.84. The van der Waals surface area contributed by atoms with Crippen LogP contribution in [0.5, 0.6) is 5.75 Å². The van der Waals surface area contributed by atoms with E-state index in [9.17, 15) is 9.50 Å². The second-order valence-electron chi connectivity index (χ2n) is 6.40. The lowest BCUT2D eigenvalue weighted by atomic mass is 9.91. The number of benzene rings is 1. The van der Waals surface area contributed by atoms with Crippen molar-refractivity contribution in [1.82, 2.24) is 4.98 Å². The number of anilines is 2. The largest absolute Gasteiger partial charge is 0.409 e. The molecule has 6 heteroatoms. The Kier molecular flexibility index (Phi) is 5.83. The molecule has 2 aromatic rings. The van der Waals surface area contributed by atoms with Crippen LogP contribution < -0.4 is 15.6 Å². The van der Waals surface area contributed by atoms with Gasteiger partial charge in [-0.15, -0.1) is 0 Å². The Labute approximate surface area is 147 Å². The molecular formula is C19H24FN3O2. The van der Waals surface area contributed by atoms with E-state index in [2.05, 4.69) is 9.88 Å². The van der Waals surface area contributed by atoms with E-state index in [0.717, 1.165) is 42.6 Å². The van der Waals surface area contributed by atoms with Gasteiger partial charge in [0.15, 0.2) is 5.75 Å². The summed E-state index contributed by atoms with van der Waals surface area (Å²) in [7, 11) is 0. The fourth-order valence-corrected chi connectivity index (χ4v) is 3.45. The van der Waals surface area contributed by atoms with E-state index < -0.39 is 0 Å². The van der Waals surface area contributed by atoms with Gasteiger partial charge in [-0.05, 0) is 43.4 Å². The normalized spacial score (nSPS) is 20.3. The van der Waals surface area contributed by atoms with Crippen molar-refractivity contribution in [2.24, 2.45) is 5.90 Å². The highest BCUT2D eigenvalue weighted by Crippen LogP contribution is 2.38. The highest BCUT2D eigenvalue weighted by atomic mass is 19.1. The maximum absolute atomic E-state index is 12.6. The van der Waals surface area contributed by atoms with Gasteiger partial charge in [0.25, 0.3) is 0 Å². The zero-order valence-electron chi connectivity index (χ0n) is 14.1. The van der Waals surface area contributed by atoms with E-state index in [-0.39, 0.29) is 18.8 Å². The lowest BCUT2D eigenvalue weighted by molar-refractivity contribution is 0.123. The van der Waals surface area contributed by atoms with Crippen LogP contribution in [0.1, 0.15) is 31.2 Å². The SMILES string of the molecule is NOc1ccncc1N(c1ccc(CCF)cc1)C1CCC(O)CC1. The number of pyridine rings is 1. The molecule has 1 saturated carbocycles. The molecule has 0 atom stereocenters. The Morgan fingerprint density at radius 3 is 2.52 bits per heavy atom. The third kappa shape index (κ3) is 4.08. The first-order valence-electron chi connectivity index (χ1n) is 8.66. The predicted molar refractivity (Wildman–Crippen MR) is 95.6 cm³/mol. The second-order valence-corrected chi connectivity index (χ2v) is 6.40. The summed E-state index contributed by atoms with van der Waals surface area (Å²) in [6, 6.07) is 9.82. The average molecular weight is 345 g/mol. The second kappa shape index (κ2) is 8.27. The Bertz CT molecular complexity index is 673. The number of nitrogens with zero attached hydrogens (tertiary/aromatic N) is 2. The van der Waals surface area contributed by atoms with Crippen LogP contribution in [0.15, 0.2) is 42.7 Å². The van der Waals surface area contributed by atoms with Gasteiger partial charge < -0.3 is 14.8 Å². The molecule has 3 rings (SSSR count). The van der Waals surface area contributed by atoms with Crippen LogP contribution in [-0.2, 0) is 6.42 Å². The smallest absolute Gasteiger partial charge is 0.173 e. The minimum Gasteiger partial charge on any atom is -0.409 e. The number of halogens is 1. The van der Waals surface area contributed by atoms with E-state index in [4.69, 9.17) is 10.7 Å². The molecule has 1 heterocycles. The lowest BCUT2D eigenvalue weighted by Gasteiger charge is -2.37. The van der Waals surface area contributed by atoms with Crippen LogP contribution >= 0.6 is 0 Å². The van der Waals surface area contributed by atoms with Crippen LogP contribution in [0.3, 0.4) is 0 Å². The molecule has 5 nitrogen and oxygen atoms in total. The monoisotopic (exact) mass is 345 g/mol. The van der Waals surface area contributed by atoms with Crippen molar-refractivity contribution in [3.05, 3.63) is 48.3 Å². The maximum Gasteiger partial charge on any atom is 0.173 e. The first-order valence-corrected chi connectivity index (χ1v) is 8.66. The van der Waals surface area contributed by atoms with E-state index in [1.807, 2.05) is 24.3 Å². The summed E-state index contributed by atoms with van der Waals surface area (Å²) < 4.78 is 12.6. The first-order chi connectivity index (χ1) is 12.2. The minimum absolute atomic E-state index is 0.216. The third-order valence-corrected chi connectivity index (χ3v) is 4.78. The Balaban J connectivity index is 1.96. The summed E-state index contributed by atoms with van der Waals surface area (Å²) in [4.78, 5) is 11.4. The van der Waals surface area contributed by atoms with Crippen LogP contribution in [0.25, 0.3) is 0 Å². The number of nitrogens with two attached hydrogens (primary N) is 1. The van der Waals surface area contributed by atoms with Gasteiger partial charge >= 0.3 is 0 Å². The van der Waals surface area contributed by atoms with Gasteiger partial charge in [0.05, 0.1) is 19.0 Å². The number of rotatable bonds is 6. The Hall–Kier alpha value is -2.18. The molecule has 0 spiro atoms. The van der Waals surface area contributed by atoms with Crippen LogP contribution in [0, 0.1) is 0 Å². The highest BCUT2D eigenvalue weighted by molar-refractivity contribution is 5.69. The fourth-order valence-electron chi connectivity index (χ4n) is 3.45. The number of aliphatic hydroxyl groups is 1. The maximum atomic E-state index is 12.6. The molecule has 0 aliphatic heterocycles. The number of aromatic nitrogens is 1. The summed E-state index contributed by atoms with van der Waals surface area (Å²) in [5.74, 6) is 6.00. The minimum atomic E-state index is -0.364. The van der Waals surface area contributed by atoms with Crippen molar-refractivity contribution in [3.63, 3.8) is 0 Å². The van der Waals surface area contributed by atoms with Gasteiger partial charge in [-0.3, -0.25) is 9.37 Å². The highest BCUT2D eigenvalue weighted by Gasteiger charge is 2.28. The van der Waals surface area contributed by atoms with Crippen molar-refractivity contribution < 1.29 is 14.3 Å². The number of alkyl halides is 1. The molecule has 0 bridgehead atoms. The van der Waals surface area contributed by atoms with E-state index >= 15 is 0 Å². The van der Waals surface area contributed by atoms with Crippen molar-refractivity contribution >= 4 is 11.4 Å². The molecule has 0 amide bonds. The molecule has 1 aromatic heterocycles. The van der Waals surface area contributed by atoms with Gasteiger partial charge in [-0.25, -0.2) is 0 Å². The molecule has 1 fully saturated rings. The fraction of sp³-hybridized carbons (Fsp3) is 0.421.